The average Bonchev–Trinajstić information content (AvgIpc) is 2.94. The molecule has 0 aliphatic carbocycles. The number of nitrogens with zero attached hydrogens (tertiary/aromatic N) is 1. The molecule has 1 heterocycles. The van der Waals surface area contributed by atoms with Crippen LogP contribution in [-0.4, -0.2) is 45.0 Å². The van der Waals surface area contributed by atoms with Gasteiger partial charge < -0.3 is 20.4 Å². The number of hydrogen-bond donors (Lipinski definition) is 4. The van der Waals surface area contributed by atoms with Gasteiger partial charge in [0, 0.05) is 41.4 Å². The second kappa shape index (κ2) is 7.91. The zero-order valence-corrected chi connectivity index (χ0v) is 17.1. The Kier molecular flexibility index (Phi) is 5.86. The Hall–Kier alpha value is -2.20. The highest BCUT2D eigenvalue weighted by atomic mass is 35.5. The molecule has 1 amide bonds. The maximum atomic E-state index is 13.4. The molecule has 2 aromatic carbocycles. The molecule has 1 unspecified atom stereocenters. The first kappa shape index (κ1) is 21.5. The van der Waals surface area contributed by atoms with E-state index in [0.717, 1.165) is 6.07 Å². The molecule has 0 saturated carbocycles. The molecule has 3 atom stereocenters. The fraction of sp³-hybridized carbons (Fsp3) is 0.316. The topological polar surface area (TPSA) is 114 Å². The maximum Gasteiger partial charge on any atom is 0.257 e. The number of aliphatic hydroxyl groups is 2. The van der Waals surface area contributed by atoms with Crippen LogP contribution in [-0.2, 0) is 21.1 Å². The summed E-state index contributed by atoms with van der Waals surface area (Å²) in [7, 11) is -2.86. The summed E-state index contributed by atoms with van der Waals surface area (Å²) in [5.41, 5.74) is -1.11. The Bertz CT molecular complexity index is 1010. The Morgan fingerprint density at radius 1 is 1.38 bits per heavy atom. The summed E-state index contributed by atoms with van der Waals surface area (Å²) in [5, 5.41) is 24.0. The van der Waals surface area contributed by atoms with Crippen LogP contribution in [0.15, 0.2) is 47.4 Å². The molecule has 1 saturated heterocycles. The Labute approximate surface area is 173 Å². The van der Waals surface area contributed by atoms with Crippen molar-refractivity contribution in [2.24, 2.45) is 0 Å². The summed E-state index contributed by atoms with van der Waals surface area (Å²) in [6.07, 6.45) is -0.220. The van der Waals surface area contributed by atoms with Gasteiger partial charge in [-0.25, -0.2) is 13.4 Å². The van der Waals surface area contributed by atoms with E-state index in [-0.39, 0.29) is 24.5 Å². The predicted octanol–water partition coefficient (Wildman–Crippen LogP) is 2.09. The highest BCUT2D eigenvalue weighted by molar-refractivity contribution is 7.91. The first-order valence-corrected chi connectivity index (χ1v) is 11.1. The normalized spacial score (nSPS) is 23.6. The molecule has 2 aromatic rings. The third-order valence-corrected chi connectivity index (χ3v) is 6.23. The predicted molar refractivity (Wildman–Crippen MR) is 108 cm³/mol. The molecule has 0 spiro atoms. The van der Waals surface area contributed by atoms with Crippen molar-refractivity contribution in [1.82, 2.24) is 5.32 Å². The summed E-state index contributed by atoms with van der Waals surface area (Å²) in [4.78, 5) is 14.3. The third kappa shape index (κ3) is 4.53. The fourth-order valence-corrected chi connectivity index (χ4v) is 4.15. The molecule has 1 aliphatic heterocycles. The van der Waals surface area contributed by atoms with E-state index < -0.39 is 33.3 Å². The Morgan fingerprint density at radius 2 is 2.03 bits per heavy atom. The molecule has 0 radical (unpaired) electrons. The highest BCUT2D eigenvalue weighted by Crippen LogP contribution is 2.32. The summed E-state index contributed by atoms with van der Waals surface area (Å²) in [6.45, 7) is 0.146. The molecule has 1 aliphatic rings. The van der Waals surface area contributed by atoms with Crippen LogP contribution < -0.4 is 10.2 Å². The quantitative estimate of drug-likeness (QED) is 0.567. The van der Waals surface area contributed by atoms with Gasteiger partial charge in [0.15, 0.2) is 11.8 Å². The van der Waals surface area contributed by atoms with Crippen LogP contribution in [0.3, 0.4) is 0 Å². The number of hydrogen-bond acceptors (Lipinski definition) is 6. The number of amides is 1. The lowest BCUT2D eigenvalue weighted by Gasteiger charge is -2.30. The molecule has 10 heteroatoms. The molecule has 29 heavy (non-hydrogen) atoms. The summed E-state index contributed by atoms with van der Waals surface area (Å²) >= 11 is 5.79. The van der Waals surface area contributed by atoms with Crippen LogP contribution >= 0.6 is 11.6 Å². The number of anilines is 1. The molecule has 3 rings (SSSR count). The number of nitrogens with one attached hydrogen (secondary N) is 2. The van der Waals surface area contributed by atoms with E-state index in [1.54, 1.807) is 12.1 Å². The van der Waals surface area contributed by atoms with Crippen molar-refractivity contribution in [2.75, 3.05) is 17.7 Å². The third-order valence-electron chi connectivity index (χ3n) is 4.84. The first-order valence-electron chi connectivity index (χ1n) is 8.75. The van der Waals surface area contributed by atoms with Gasteiger partial charge in [-0.3, -0.25) is 4.79 Å². The standard InChI is InChI=1S/C19H21ClFN3O4S/c1-29(22,28)16-4-2-15(3-5-16)24-7-6-19(27,18(24)26)17(25)23-11-12-8-13(20)10-14(21)9-12/h2-5,8-10,18,22,26-27H,6-7,11H2,1H3,(H,23,25)/t18?,19-,29-/m0/s1. The number of rotatable bonds is 5. The van der Waals surface area contributed by atoms with Crippen LogP contribution in [0.2, 0.25) is 5.02 Å². The Morgan fingerprint density at radius 3 is 2.62 bits per heavy atom. The SMILES string of the molecule is C[S@](=N)(=O)c1ccc(N2CC[C@](O)(C(=O)NCc3cc(F)cc(Cl)c3)C2O)cc1. The first-order chi connectivity index (χ1) is 13.5. The van der Waals surface area contributed by atoms with E-state index in [1.165, 1.54) is 35.4 Å². The van der Waals surface area contributed by atoms with Gasteiger partial charge in [-0.05, 0) is 48.0 Å². The van der Waals surface area contributed by atoms with Crippen molar-refractivity contribution in [3.05, 3.63) is 58.9 Å². The van der Waals surface area contributed by atoms with Crippen molar-refractivity contribution < 1.29 is 23.6 Å². The van der Waals surface area contributed by atoms with Gasteiger partial charge in [-0.1, -0.05) is 11.6 Å². The molecule has 0 aromatic heterocycles. The van der Waals surface area contributed by atoms with Crippen LogP contribution in [0, 0.1) is 10.6 Å². The van der Waals surface area contributed by atoms with Crippen molar-refractivity contribution in [3.63, 3.8) is 0 Å². The maximum absolute atomic E-state index is 13.4. The minimum atomic E-state index is -2.86. The van der Waals surface area contributed by atoms with Crippen LogP contribution in [0.25, 0.3) is 0 Å². The molecular formula is C19H21ClFN3O4S. The number of aliphatic hydroxyl groups excluding tert-OH is 1. The van der Waals surface area contributed by atoms with E-state index in [1.807, 2.05) is 0 Å². The van der Waals surface area contributed by atoms with Gasteiger partial charge in [-0.15, -0.1) is 0 Å². The molecule has 1 fully saturated rings. The smallest absolute Gasteiger partial charge is 0.257 e. The molecular weight excluding hydrogens is 421 g/mol. The number of halogens is 2. The zero-order chi connectivity index (χ0) is 21.4. The highest BCUT2D eigenvalue weighted by Gasteiger charge is 2.51. The summed E-state index contributed by atoms with van der Waals surface area (Å²) in [6, 6.07) is 10.0. The van der Waals surface area contributed by atoms with Crippen LogP contribution in [0.1, 0.15) is 12.0 Å². The van der Waals surface area contributed by atoms with E-state index in [0.29, 0.717) is 16.1 Å². The van der Waals surface area contributed by atoms with Gasteiger partial charge in [0.25, 0.3) is 5.91 Å². The van der Waals surface area contributed by atoms with E-state index in [2.05, 4.69) is 5.32 Å². The Balaban J connectivity index is 1.71. The number of benzene rings is 2. The molecule has 156 valence electrons. The van der Waals surface area contributed by atoms with Gasteiger partial charge in [-0.2, -0.15) is 0 Å². The van der Waals surface area contributed by atoms with Crippen molar-refractivity contribution >= 4 is 32.9 Å². The summed E-state index contributed by atoms with van der Waals surface area (Å²) in [5.74, 6) is -1.33. The van der Waals surface area contributed by atoms with E-state index >= 15 is 0 Å². The van der Waals surface area contributed by atoms with Gasteiger partial charge in [0.1, 0.15) is 5.82 Å². The van der Waals surface area contributed by atoms with Crippen molar-refractivity contribution in [2.45, 2.75) is 29.7 Å². The summed E-state index contributed by atoms with van der Waals surface area (Å²) < 4.78 is 32.8. The van der Waals surface area contributed by atoms with E-state index in [9.17, 15) is 23.6 Å². The zero-order valence-electron chi connectivity index (χ0n) is 15.6. The molecule has 7 nitrogen and oxygen atoms in total. The molecule has 4 N–H and O–H groups in total. The van der Waals surface area contributed by atoms with Gasteiger partial charge in [0.2, 0.25) is 0 Å². The minimum Gasteiger partial charge on any atom is -0.376 e. The molecule has 0 bridgehead atoms. The largest absolute Gasteiger partial charge is 0.376 e. The van der Waals surface area contributed by atoms with Gasteiger partial charge in [0.05, 0.1) is 9.73 Å². The lowest BCUT2D eigenvalue weighted by Crippen LogP contribution is -2.55. The number of carbonyl (C=O) groups excluding carboxylic acids is 1. The lowest BCUT2D eigenvalue weighted by atomic mass is 10.00. The average molecular weight is 442 g/mol. The van der Waals surface area contributed by atoms with Gasteiger partial charge >= 0.3 is 0 Å². The number of carbonyl (C=O) groups is 1. The second-order valence-corrected chi connectivity index (χ2v) is 9.63. The van der Waals surface area contributed by atoms with Crippen LogP contribution in [0.4, 0.5) is 10.1 Å². The fourth-order valence-electron chi connectivity index (χ4n) is 3.25. The lowest BCUT2D eigenvalue weighted by molar-refractivity contribution is -0.148. The van der Waals surface area contributed by atoms with Crippen molar-refractivity contribution in [1.29, 1.82) is 4.78 Å². The van der Waals surface area contributed by atoms with E-state index in [4.69, 9.17) is 16.4 Å². The minimum absolute atomic E-state index is 0.0192. The van der Waals surface area contributed by atoms with Crippen LogP contribution in [0.5, 0.6) is 0 Å². The van der Waals surface area contributed by atoms with Crippen molar-refractivity contribution in [3.8, 4) is 0 Å². The monoisotopic (exact) mass is 441 g/mol. The second-order valence-electron chi connectivity index (χ2n) is 7.04.